The number of hydrogen-bond donors (Lipinski definition) is 1. The van der Waals surface area contributed by atoms with E-state index in [4.69, 9.17) is 9.47 Å². The van der Waals surface area contributed by atoms with Crippen molar-refractivity contribution in [3.63, 3.8) is 0 Å². The second-order valence-corrected chi connectivity index (χ2v) is 4.48. The molecule has 2 aliphatic rings. The summed E-state index contributed by atoms with van der Waals surface area (Å²) < 4.78 is 10.8. The predicted molar refractivity (Wildman–Crippen MR) is 53.2 cm³/mol. The van der Waals surface area contributed by atoms with Gasteiger partial charge in [0, 0.05) is 25.7 Å². The minimum atomic E-state index is -0.517. The fourth-order valence-electron chi connectivity index (χ4n) is 2.53. The molecule has 2 aliphatic heterocycles. The van der Waals surface area contributed by atoms with Crippen molar-refractivity contribution < 1.29 is 14.6 Å². The summed E-state index contributed by atoms with van der Waals surface area (Å²) in [7, 11) is 0. The summed E-state index contributed by atoms with van der Waals surface area (Å²) in [5.74, 6) is 0.331. The average molecular weight is 200 g/mol. The topological polar surface area (TPSA) is 38.7 Å². The van der Waals surface area contributed by atoms with Gasteiger partial charge in [-0.1, -0.05) is 0 Å². The van der Waals surface area contributed by atoms with Crippen LogP contribution < -0.4 is 0 Å². The molecule has 0 amide bonds. The molecule has 0 aliphatic carbocycles. The van der Waals surface area contributed by atoms with Gasteiger partial charge in [0.1, 0.15) is 0 Å². The molecule has 0 spiro atoms. The highest BCUT2D eigenvalue weighted by Gasteiger charge is 2.37. The number of ether oxygens (including phenoxy) is 2. The van der Waals surface area contributed by atoms with Gasteiger partial charge >= 0.3 is 0 Å². The van der Waals surface area contributed by atoms with Crippen LogP contribution in [0.4, 0.5) is 0 Å². The predicted octanol–water partition coefficient (Wildman–Crippen LogP) is 1.34. The quantitative estimate of drug-likeness (QED) is 0.694. The fourth-order valence-corrected chi connectivity index (χ4v) is 2.53. The Hall–Kier alpha value is -0.120. The second kappa shape index (κ2) is 4.60. The summed E-state index contributed by atoms with van der Waals surface area (Å²) in [6, 6.07) is 0. The Morgan fingerprint density at radius 1 is 1.00 bits per heavy atom. The third-order valence-corrected chi connectivity index (χ3v) is 3.50. The third-order valence-electron chi connectivity index (χ3n) is 3.50. The maximum Gasteiger partial charge on any atom is 0.0720 e. The van der Waals surface area contributed by atoms with Gasteiger partial charge in [0.2, 0.25) is 0 Å². The molecule has 3 heteroatoms. The highest BCUT2D eigenvalue weighted by Crippen LogP contribution is 2.34. The Balaban J connectivity index is 1.96. The first-order valence-corrected chi connectivity index (χ1v) is 5.69. The number of rotatable bonds is 1. The Bertz CT molecular complexity index is 167. The first kappa shape index (κ1) is 10.4. The van der Waals surface area contributed by atoms with E-state index in [9.17, 15) is 5.11 Å². The minimum Gasteiger partial charge on any atom is -0.389 e. The van der Waals surface area contributed by atoms with Crippen LogP contribution in [0.2, 0.25) is 0 Å². The van der Waals surface area contributed by atoms with Crippen molar-refractivity contribution in [3.8, 4) is 0 Å². The first-order valence-electron chi connectivity index (χ1n) is 5.69. The van der Waals surface area contributed by atoms with Crippen LogP contribution in [0.3, 0.4) is 0 Å². The molecule has 0 radical (unpaired) electrons. The summed E-state index contributed by atoms with van der Waals surface area (Å²) >= 11 is 0. The Morgan fingerprint density at radius 3 is 2.64 bits per heavy atom. The van der Waals surface area contributed by atoms with Gasteiger partial charge in [-0.05, 0) is 32.1 Å². The zero-order valence-electron chi connectivity index (χ0n) is 8.71. The van der Waals surface area contributed by atoms with Gasteiger partial charge in [-0.15, -0.1) is 0 Å². The first-order chi connectivity index (χ1) is 6.81. The van der Waals surface area contributed by atoms with Gasteiger partial charge in [0.15, 0.2) is 0 Å². The lowest BCUT2D eigenvalue weighted by molar-refractivity contribution is -0.0884. The van der Waals surface area contributed by atoms with E-state index in [-0.39, 0.29) is 0 Å². The molecule has 82 valence electrons. The second-order valence-electron chi connectivity index (χ2n) is 4.48. The molecule has 0 aromatic rings. The van der Waals surface area contributed by atoms with Crippen molar-refractivity contribution in [1.29, 1.82) is 0 Å². The minimum absolute atomic E-state index is 0.331. The molecule has 2 saturated heterocycles. The van der Waals surface area contributed by atoms with Crippen molar-refractivity contribution in [2.45, 2.75) is 37.7 Å². The van der Waals surface area contributed by atoms with Crippen LogP contribution in [-0.4, -0.2) is 37.1 Å². The van der Waals surface area contributed by atoms with Gasteiger partial charge < -0.3 is 14.6 Å². The largest absolute Gasteiger partial charge is 0.389 e. The van der Waals surface area contributed by atoms with Crippen molar-refractivity contribution in [2.75, 3.05) is 26.4 Å². The van der Waals surface area contributed by atoms with Crippen molar-refractivity contribution in [3.05, 3.63) is 0 Å². The van der Waals surface area contributed by atoms with E-state index >= 15 is 0 Å². The van der Waals surface area contributed by atoms with Gasteiger partial charge in [-0.25, -0.2) is 0 Å². The van der Waals surface area contributed by atoms with Crippen LogP contribution in [0, 0.1) is 5.92 Å². The molecular weight excluding hydrogens is 180 g/mol. The van der Waals surface area contributed by atoms with Gasteiger partial charge in [-0.2, -0.15) is 0 Å². The van der Waals surface area contributed by atoms with Crippen LogP contribution in [0.25, 0.3) is 0 Å². The molecule has 2 atom stereocenters. The molecular formula is C11H20O3. The average Bonchev–Trinajstić information content (AvgIpc) is 2.46. The van der Waals surface area contributed by atoms with E-state index in [1.54, 1.807) is 0 Å². The lowest BCUT2D eigenvalue weighted by Crippen LogP contribution is -2.42. The highest BCUT2D eigenvalue weighted by atomic mass is 16.5. The van der Waals surface area contributed by atoms with E-state index in [1.807, 2.05) is 0 Å². The van der Waals surface area contributed by atoms with Crippen LogP contribution >= 0.6 is 0 Å². The van der Waals surface area contributed by atoms with Gasteiger partial charge in [0.25, 0.3) is 0 Å². The Morgan fingerprint density at radius 2 is 1.86 bits per heavy atom. The molecule has 0 aromatic heterocycles. The summed E-state index contributed by atoms with van der Waals surface area (Å²) in [5, 5.41) is 10.5. The lowest BCUT2D eigenvalue weighted by Gasteiger charge is -2.37. The highest BCUT2D eigenvalue weighted by molar-refractivity contribution is 4.88. The van der Waals surface area contributed by atoms with Crippen molar-refractivity contribution in [1.82, 2.24) is 0 Å². The third kappa shape index (κ3) is 2.27. The molecule has 2 unspecified atom stereocenters. The molecule has 14 heavy (non-hydrogen) atoms. The Kier molecular flexibility index (Phi) is 3.42. The number of aliphatic hydroxyl groups is 1. The van der Waals surface area contributed by atoms with E-state index < -0.39 is 5.60 Å². The summed E-state index contributed by atoms with van der Waals surface area (Å²) in [5.41, 5.74) is -0.517. The molecule has 0 aromatic carbocycles. The Labute approximate surface area is 85.4 Å². The zero-order valence-corrected chi connectivity index (χ0v) is 8.71. The summed E-state index contributed by atoms with van der Waals surface area (Å²) in [6.45, 7) is 3.10. The molecule has 0 bridgehead atoms. The molecule has 2 heterocycles. The summed E-state index contributed by atoms with van der Waals surface area (Å²) in [6.07, 6.45) is 4.83. The molecule has 2 fully saturated rings. The van der Waals surface area contributed by atoms with Gasteiger partial charge in [0.05, 0.1) is 12.2 Å². The summed E-state index contributed by atoms with van der Waals surface area (Å²) in [4.78, 5) is 0. The fraction of sp³-hybridized carbons (Fsp3) is 1.00. The lowest BCUT2D eigenvalue weighted by atomic mass is 9.78. The smallest absolute Gasteiger partial charge is 0.0720 e. The maximum atomic E-state index is 10.5. The molecule has 2 rings (SSSR count). The maximum absolute atomic E-state index is 10.5. The van der Waals surface area contributed by atoms with Crippen LogP contribution in [-0.2, 0) is 9.47 Å². The normalized spacial score (nSPS) is 40.5. The van der Waals surface area contributed by atoms with Crippen LogP contribution in [0.1, 0.15) is 32.1 Å². The number of hydrogen-bond acceptors (Lipinski definition) is 3. The van der Waals surface area contributed by atoms with Crippen LogP contribution in [0.15, 0.2) is 0 Å². The van der Waals surface area contributed by atoms with E-state index in [0.717, 1.165) is 51.9 Å². The zero-order chi connectivity index (χ0) is 9.86. The van der Waals surface area contributed by atoms with Crippen LogP contribution in [0.5, 0.6) is 0 Å². The molecule has 3 nitrogen and oxygen atoms in total. The van der Waals surface area contributed by atoms with Crippen molar-refractivity contribution in [2.24, 2.45) is 5.92 Å². The van der Waals surface area contributed by atoms with E-state index in [0.29, 0.717) is 12.5 Å². The molecule has 1 N–H and O–H groups in total. The SMILES string of the molecule is OC1(C2CCCOC2)CCCOCC1. The van der Waals surface area contributed by atoms with E-state index in [1.165, 1.54) is 0 Å². The standard InChI is InChI=1S/C11H20O3/c12-11(4-2-7-13-8-5-11)10-3-1-6-14-9-10/h10,12H,1-9H2. The monoisotopic (exact) mass is 200 g/mol. The van der Waals surface area contributed by atoms with E-state index in [2.05, 4.69) is 0 Å². The molecule has 0 saturated carbocycles. The van der Waals surface area contributed by atoms with Crippen molar-refractivity contribution >= 4 is 0 Å². The van der Waals surface area contributed by atoms with Gasteiger partial charge in [-0.3, -0.25) is 0 Å².